The van der Waals surface area contributed by atoms with Crippen LogP contribution in [0.15, 0.2) is 24.3 Å². The Bertz CT molecular complexity index is 592. The van der Waals surface area contributed by atoms with E-state index in [1.807, 2.05) is 0 Å². The minimum atomic E-state index is -3.49. The number of nitrogens with one attached hydrogen (secondary N) is 1. The Labute approximate surface area is 139 Å². The van der Waals surface area contributed by atoms with Gasteiger partial charge >= 0.3 is 0 Å². The number of benzene rings is 1. The zero-order chi connectivity index (χ0) is 16.7. The van der Waals surface area contributed by atoms with Gasteiger partial charge in [0.05, 0.1) is 5.75 Å². The number of piperidine rings is 1. The SMILES string of the molecule is CCC1CCCCN1CCCNS(=O)(=O)Cc1ccccc1F. The van der Waals surface area contributed by atoms with E-state index in [1.54, 1.807) is 12.1 Å². The first-order valence-corrected chi connectivity index (χ1v) is 10.1. The van der Waals surface area contributed by atoms with Crippen LogP contribution in [-0.2, 0) is 15.8 Å². The Kier molecular flexibility index (Phi) is 6.99. The number of halogens is 1. The van der Waals surface area contributed by atoms with Gasteiger partial charge in [-0.3, -0.25) is 0 Å². The van der Waals surface area contributed by atoms with E-state index in [4.69, 9.17) is 0 Å². The van der Waals surface area contributed by atoms with Gasteiger partial charge in [0, 0.05) is 18.2 Å². The first kappa shape index (κ1) is 18.4. The highest BCUT2D eigenvalue weighted by Crippen LogP contribution is 2.19. The van der Waals surface area contributed by atoms with E-state index in [9.17, 15) is 12.8 Å². The van der Waals surface area contributed by atoms with Crippen molar-refractivity contribution in [2.24, 2.45) is 0 Å². The second-order valence-electron chi connectivity index (χ2n) is 6.19. The molecule has 0 aromatic heterocycles. The Morgan fingerprint density at radius 1 is 1.30 bits per heavy atom. The minimum Gasteiger partial charge on any atom is -0.300 e. The summed E-state index contributed by atoms with van der Waals surface area (Å²) in [6, 6.07) is 6.63. The van der Waals surface area contributed by atoms with Gasteiger partial charge < -0.3 is 4.90 Å². The lowest BCUT2D eigenvalue weighted by atomic mass is 10.00. The van der Waals surface area contributed by atoms with Crippen molar-refractivity contribution in [2.75, 3.05) is 19.6 Å². The van der Waals surface area contributed by atoms with Crippen LogP contribution >= 0.6 is 0 Å². The summed E-state index contributed by atoms with van der Waals surface area (Å²) in [4.78, 5) is 2.47. The van der Waals surface area contributed by atoms with Crippen molar-refractivity contribution in [1.29, 1.82) is 0 Å². The van der Waals surface area contributed by atoms with Gasteiger partial charge in [0.15, 0.2) is 0 Å². The molecule has 0 saturated carbocycles. The molecule has 23 heavy (non-hydrogen) atoms. The van der Waals surface area contributed by atoms with Gasteiger partial charge in [-0.1, -0.05) is 31.5 Å². The largest absolute Gasteiger partial charge is 0.300 e. The smallest absolute Gasteiger partial charge is 0.215 e. The van der Waals surface area contributed by atoms with Gasteiger partial charge in [-0.15, -0.1) is 0 Å². The molecule has 0 spiro atoms. The predicted molar refractivity (Wildman–Crippen MR) is 91.1 cm³/mol. The fourth-order valence-corrected chi connectivity index (χ4v) is 4.40. The lowest BCUT2D eigenvalue weighted by Gasteiger charge is -2.35. The van der Waals surface area contributed by atoms with Crippen molar-refractivity contribution in [1.82, 2.24) is 9.62 Å². The van der Waals surface area contributed by atoms with Gasteiger partial charge in [-0.05, 0) is 44.8 Å². The molecular formula is C17H27FN2O2S. The monoisotopic (exact) mass is 342 g/mol. The molecule has 1 heterocycles. The second kappa shape index (κ2) is 8.76. The van der Waals surface area contributed by atoms with Crippen LogP contribution in [0.1, 0.15) is 44.6 Å². The molecule has 1 aromatic carbocycles. The molecule has 4 nitrogen and oxygen atoms in total. The molecule has 130 valence electrons. The summed E-state index contributed by atoms with van der Waals surface area (Å²) in [5, 5.41) is 0. The van der Waals surface area contributed by atoms with E-state index in [1.165, 1.54) is 31.4 Å². The maximum absolute atomic E-state index is 13.5. The third-order valence-corrected chi connectivity index (χ3v) is 5.80. The first-order chi connectivity index (χ1) is 11.0. The fourth-order valence-electron chi connectivity index (χ4n) is 3.20. The summed E-state index contributed by atoms with van der Waals surface area (Å²) in [5.74, 6) is -0.780. The van der Waals surface area contributed by atoms with Crippen molar-refractivity contribution in [3.8, 4) is 0 Å². The Morgan fingerprint density at radius 3 is 2.83 bits per heavy atom. The lowest BCUT2D eigenvalue weighted by molar-refractivity contribution is 0.143. The van der Waals surface area contributed by atoms with Crippen LogP contribution in [-0.4, -0.2) is 39.0 Å². The molecule has 0 amide bonds. The molecule has 0 aliphatic carbocycles. The van der Waals surface area contributed by atoms with Gasteiger partial charge in [-0.2, -0.15) is 0 Å². The molecule has 0 radical (unpaired) electrons. The van der Waals surface area contributed by atoms with Gasteiger partial charge in [-0.25, -0.2) is 17.5 Å². The Balaban J connectivity index is 1.75. The van der Waals surface area contributed by atoms with Crippen molar-refractivity contribution in [3.63, 3.8) is 0 Å². The van der Waals surface area contributed by atoms with Crippen LogP contribution in [0.2, 0.25) is 0 Å². The number of likely N-dealkylation sites (tertiary alicyclic amines) is 1. The van der Waals surface area contributed by atoms with Crippen molar-refractivity contribution in [3.05, 3.63) is 35.6 Å². The molecule has 1 aliphatic heterocycles. The Hall–Kier alpha value is -0.980. The summed E-state index contributed by atoms with van der Waals surface area (Å²) in [5.41, 5.74) is 0.210. The van der Waals surface area contributed by atoms with Crippen LogP contribution < -0.4 is 4.72 Å². The normalized spacial score (nSPS) is 19.8. The molecule has 1 aromatic rings. The maximum Gasteiger partial charge on any atom is 0.215 e. The van der Waals surface area contributed by atoms with Crippen molar-refractivity contribution in [2.45, 2.75) is 50.8 Å². The van der Waals surface area contributed by atoms with Crippen LogP contribution in [0.25, 0.3) is 0 Å². The van der Waals surface area contributed by atoms with E-state index in [0.717, 1.165) is 25.9 Å². The van der Waals surface area contributed by atoms with Crippen LogP contribution in [0.4, 0.5) is 4.39 Å². The van der Waals surface area contributed by atoms with Crippen molar-refractivity contribution < 1.29 is 12.8 Å². The van der Waals surface area contributed by atoms with Gasteiger partial charge in [0.1, 0.15) is 5.82 Å². The van der Waals surface area contributed by atoms with Crippen LogP contribution in [0.5, 0.6) is 0 Å². The van der Waals surface area contributed by atoms with Crippen LogP contribution in [0, 0.1) is 5.82 Å². The lowest BCUT2D eigenvalue weighted by Crippen LogP contribution is -2.40. The fraction of sp³-hybridized carbons (Fsp3) is 0.647. The van der Waals surface area contributed by atoms with Gasteiger partial charge in [0.25, 0.3) is 0 Å². The summed E-state index contributed by atoms with van der Waals surface area (Å²) < 4.78 is 40.2. The number of rotatable bonds is 8. The minimum absolute atomic E-state index is 0.210. The standard InChI is InChI=1S/C17H27FN2O2S/c1-2-16-9-5-6-12-20(16)13-7-11-19-23(21,22)14-15-8-3-4-10-17(15)18/h3-4,8,10,16,19H,2,5-7,9,11-14H2,1H3. The molecule has 1 atom stereocenters. The highest BCUT2D eigenvalue weighted by molar-refractivity contribution is 7.88. The second-order valence-corrected chi connectivity index (χ2v) is 8.00. The average Bonchev–Trinajstić information content (AvgIpc) is 2.54. The predicted octanol–water partition coefficient (Wildman–Crippen LogP) is 2.90. The number of sulfonamides is 1. The van der Waals surface area contributed by atoms with E-state index < -0.39 is 15.8 Å². The third kappa shape index (κ3) is 5.86. The molecule has 1 N–H and O–H groups in total. The quantitative estimate of drug-likeness (QED) is 0.739. The zero-order valence-corrected chi connectivity index (χ0v) is 14.6. The van der Waals surface area contributed by atoms with Crippen LogP contribution in [0.3, 0.4) is 0 Å². The topological polar surface area (TPSA) is 49.4 Å². The molecule has 0 bridgehead atoms. The Morgan fingerprint density at radius 2 is 2.09 bits per heavy atom. The molecule has 1 aliphatic rings. The summed E-state index contributed by atoms with van der Waals surface area (Å²) in [6.45, 7) is 4.64. The average molecular weight is 342 g/mol. The zero-order valence-electron chi connectivity index (χ0n) is 13.8. The van der Waals surface area contributed by atoms with Gasteiger partial charge in [0.2, 0.25) is 10.0 Å². The molecule has 1 fully saturated rings. The molecule has 2 rings (SSSR count). The third-order valence-electron chi connectivity index (χ3n) is 4.47. The van der Waals surface area contributed by atoms with E-state index >= 15 is 0 Å². The number of hydrogen-bond donors (Lipinski definition) is 1. The van der Waals surface area contributed by atoms with E-state index in [-0.39, 0.29) is 11.3 Å². The van der Waals surface area contributed by atoms with Crippen molar-refractivity contribution >= 4 is 10.0 Å². The maximum atomic E-state index is 13.5. The molecule has 6 heteroatoms. The summed E-state index contributed by atoms with van der Waals surface area (Å²) in [7, 11) is -3.49. The van der Waals surface area contributed by atoms with E-state index in [0.29, 0.717) is 12.6 Å². The molecular weight excluding hydrogens is 315 g/mol. The summed E-state index contributed by atoms with van der Waals surface area (Å²) >= 11 is 0. The first-order valence-electron chi connectivity index (χ1n) is 8.46. The highest BCUT2D eigenvalue weighted by atomic mass is 32.2. The number of hydrogen-bond acceptors (Lipinski definition) is 3. The molecule has 1 saturated heterocycles. The summed E-state index contributed by atoms with van der Waals surface area (Å²) in [6.07, 6.45) is 5.71. The number of nitrogens with zero attached hydrogens (tertiary/aromatic N) is 1. The molecule has 1 unspecified atom stereocenters. The van der Waals surface area contributed by atoms with E-state index in [2.05, 4.69) is 16.5 Å². The highest BCUT2D eigenvalue weighted by Gasteiger charge is 2.20.